The van der Waals surface area contributed by atoms with Crippen molar-refractivity contribution in [3.8, 4) is 0 Å². The van der Waals surface area contributed by atoms with Gasteiger partial charge in [-0.05, 0) is 25.5 Å². The first-order valence-corrected chi connectivity index (χ1v) is 7.98. The molecule has 1 aliphatic rings. The van der Waals surface area contributed by atoms with Gasteiger partial charge in [-0.3, -0.25) is 9.69 Å². The number of hydrogen-bond donors (Lipinski definition) is 0. The van der Waals surface area contributed by atoms with Crippen LogP contribution >= 0.6 is 0 Å². The molecule has 1 saturated heterocycles. The van der Waals surface area contributed by atoms with Crippen LogP contribution in [0, 0.1) is 13.8 Å². The van der Waals surface area contributed by atoms with Crippen LogP contribution in [0.25, 0.3) is 0 Å². The highest BCUT2D eigenvalue weighted by atomic mass is 16.1. The third-order valence-corrected chi connectivity index (χ3v) is 4.26. The number of hydrogen-bond acceptors (Lipinski definition) is 5. The van der Waals surface area contributed by atoms with E-state index in [4.69, 9.17) is 0 Å². The summed E-state index contributed by atoms with van der Waals surface area (Å²) in [6.45, 7) is 7.95. The summed E-state index contributed by atoms with van der Waals surface area (Å²) in [5, 5.41) is 0. The Bertz CT molecular complexity index is 679. The van der Waals surface area contributed by atoms with Crippen molar-refractivity contribution < 1.29 is 4.79 Å². The number of benzene rings is 1. The maximum Gasteiger partial charge on any atom is 0.225 e. The quantitative estimate of drug-likeness (QED) is 0.810. The summed E-state index contributed by atoms with van der Waals surface area (Å²) in [5.41, 5.74) is 3.09. The minimum absolute atomic E-state index is 0.201. The summed E-state index contributed by atoms with van der Waals surface area (Å²) in [6, 6.07) is 7.84. The maximum absolute atomic E-state index is 12.5. The van der Waals surface area contributed by atoms with Crippen molar-refractivity contribution >= 4 is 11.7 Å². The van der Waals surface area contributed by atoms with Crippen LogP contribution in [0.3, 0.4) is 0 Å². The molecule has 5 nitrogen and oxygen atoms in total. The number of ketones is 1. The Morgan fingerprint density at radius 1 is 1.09 bits per heavy atom. The molecule has 0 saturated carbocycles. The Labute approximate surface area is 137 Å². The Hall–Kier alpha value is -2.27. The second-order valence-electron chi connectivity index (χ2n) is 6.05. The Morgan fingerprint density at radius 3 is 2.43 bits per heavy atom. The highest BCUT2D eigenvalue weighted by Crippen LogP contribution is 2.14. The normalized spacial score (nSPS) is 15.7. The second kappa shape index (κ2) is 6.87. The largest absolute Gasteiger partial charge is 0.338 e. The molecule has 0 N–H and O–H groups in total. The molecule has 0 bridgehead atoms. The molecular weight excluding hydrogens is 288 g/mol. The number of anilines is 1. The minimum Gasteiger partial charge on any atom is -0.338 e. The number of aromatic nitrogens is 2. The highest BCUT2D eigenvalue weighted by molar-refractivity contribution is 5.99. The zero-order chi connectivity index (χ0) is 16.2. The molecule has 0 spiro atoms. The molecular formula is C18H22N4O. The monoisotopic (exact) mass is 310 g/mol. The molecule has 23 heavy (non-hydrogen) atoms. The summed E-state index contributed by atoms with van der Waals surface area (Å²) in [6.07, 6.45) is 3.52. The fourth-order valence-electron chi connectivity index (χ4n) is 2.98. The fraction of sp³-hybridized carbons (Fsp3) is 0.389. The van der Waals surface area contributed by atoms with E-state index >= 15 is 0 Å². The van der Waals surface area contributed by atoms with Crippen molar-refractivity contribution in [1.29, 1.82) is 0 Å². The molecule has 1 aliphatic heterocycles. The first-order valence-electron chi connectivity index (χ1n) is 7.98. The van der Waals surface area contributed by atoms with E-state index in [2.05, 4.69) is 25.8 Å². The predicted molar refractivity (Wildman–Crippen MR) is 90.9 cm³/mol. The first kappa shape index (κ1) is 15.6. The lowest BCUT2D eigenvalue weighted by atomic mass is 10.0. The average molecular weight is 310 g/mol. The van der Waals surface area contributed by atoms with Crippen molar-refractivity contribution in [2.45, 2.75) is 13.8 Å². The first-order chi connectivity index (χ1) is 11.1. The van der Waals surface area contributed by atoms with Gasteiger partial charge >= 0.3 is 0 Å². The second-order valence-corrected chi connectivity index (χ2v) is 6.05. The van der Waals surface area contributed by atoms with Crippen LogP contribution in [-0.4, -0.2) is 53.4 Å². The molecule has 1 aromatic heterocycles. The Kier molecular flexibility index (Phi) is 4.67. The lowest BCUT2D eigenvalue weighted by molar-refractivity contribution is 0.0925. The third-order valence-electron chi connectivity index (χ3n) is 4.26. The van der Waals surface area contributed by atoms with Crippen LogP contribution in [0.1, 0.15) is 21.5 Å². The molecule has 2 heterocycles. The van der Waals surface area contributed by atoms with Gasteiger partial charge in [0.15, 0.2) is 5.78 Å². The summed E-state index contributed by atoms with van der Waals surface area (Å²) in [7, 11) is 0. The topological polar surface area (TPSA) is 49.3 Å². The third kappa shape index (κ3) is 3.74. The van der Waals surface area contributed by atoms with Crippen LogP contribution in [0.5, 0.6) is 0 Å². The number of piperazine rings is 1. The molecule has 2 aromatic rings. The van der Waals surface area contributed by atoms with E-state index in [1.807, 2.05) is 32.0 Å². The molecule has 0 radical (unpaired) electrons. The van der Waals surface area contributed by atoms with Crippen LogP contribution in [-0.2, 0) is 0 Å². The standard InChI is InChI=1S/C18H22N4O/c1-14-4-5-16(15(2)12-14)17(23)13-21-8-10-22(11-9-21)18-19-6-3-7-20-18/h3-7,12H,8-11,13H2,1-2H3. The van der Waals surface area contributed by atoms with Gasteiger partial charge in [0, 0.05) is 44.1 Å². The summed E-state index contributed by atoms with van der Waals surface area (Å²) in [5.74, 6) is 0.972. The van der Waals surface area contributed by atoms with Crippen molar-refractivity contribution in [2.75, 3.05) is 37.6 Å². The van der Waals surface area contributed by atoms with Crippen LogP contribution in [0.15, 0.2) is 36.7 Å². The van der Waals surface area contributed by atoms with Gasteiger partial charge < -0.3 is 4.90 Å². The maximum atomic E-state index is 12.5. The van der Waals surface area contributed by atoms with Gasteiger partial charge in [-0.15, -0.1) is 0 Å². The zero-order valence-corrected chi connectivity index (χ0v) is 13.7. The van der Waals surface area contributed by atoms with E-state index in [9.17, 15) is 4.79 Å². The van der Waals surface area contributed by atoms with Crippen LogP contribution in [0.4, 0.5) is 5.95 Å². The lowest BCUT2D eigenvalue weighted by Crippen LogP contribution is -2.48. The van der Waals surface area contributed by atoms with Gasteiger partial charge in [-0.2, -0.15) is 0 Å². The number of rotatable bonds is 4. The zero-order valence-electron chi connectivity index (χ0n) is 13.7. The number of nitrogens with zero attached hydrogens (tertiary/aromatic N) is 4. The molecule has 1 fully saturated rings. The molecule has 5 heteroatoms. The molecule has 0 atom stereocenters. The number of aryl methyl sites for hydroxylation is 2. The minimum atomic E-state index is 0.201. The summed E-state index contributed by atoms with van der Waals surface area (Å²) >= 11 is 0. The molecule has 0 amide bonds. The van der Waals surface area contributed by atoms with Crippen molar-refractivity contribution in [3.05, 3.63) is 53.3 Å². The van der Waals surface area contributed by atoms with Crippen LogP contribution < -0.4 is 4.90 Å². The smallest absolute Gasteiger partial charge is 0.225 e. The molecule has 0 aliphatic carbocycles. The lowest BCUT2D eigenvalue weighted by Gasteiger charge is -2.34. The Balaban J connectivity index is 1.57. The molecule has 3 rings (SSSR count). The fourth-order valence-corrected chi connectivity index (χ4v) is 2.98. The van der Waals surface area contributed by atoms with E-state index in [0.717, 1.165) is 43.3 Å². The summed E-state index contributed by atoms with van der Waals surface area (Å²) < 4.78 is 0. The highest BCUT2D eigenvalue weighted by Gasteiger charge is 2.21. The Morgan fingerprint density at radius 2 is 1.78 bits per heavy atom. The van der Waals surface area contributed by atoms with E-state index in [1.54, 1.807) is 12.4 Å². The average Bonchev–Trinajstić information content (AvgIpc) is 2.56. The number of carbonyl (C=O) groups is 1. The van der Waals surface area contributed by atoms with E-state index in [1.165, 1.54) is 5.56 Å². The molecule has 0 unspecified atom stereocenters. The van der Waals surface area contributed by atoms with Gasteiger partial charge in [-0.1, -0.05) is 23.8 Å². The van der Waals surface area contributed by atoms with E-state index in [-0.39, 0.29) is 5.78 Å². The number of Topliss-reactive ketones (excluding diaryl/α,β-unsaturated/α-hetero) is 1. The van der Waals surface area contributed by atoms with E-state index in [0.29, 0.717) is 6.54 Å². The van der Waals surface area contributed by atoms with E-state index < -0.39 is 0 Å². The molecule has 1 aromatic carbocycles. The van der Waals surface area contributed by atoms with Crippen LogP contribution in [0.2, 0.25) is 0 Å². The van der Waals surface area contributed by atoms with Gasteiger partial charge in [-0.25, -0.2) is 9.97 Å². The molecule has 120 valence electrons. The predicted octanol–water partition coefficient (Wildman–Crippen LogP) is 2.10. The van der Waals surface area contributed by atoms with Gasteiger partial charge in [0.1, 0.15) is 0 Å². The van der Waals surface area contributed by atoms with Gasteiger partial charge in [0.05, 0.1) is 6.54 Å². The van der Waals surface area contributed by atoms with Crippen molar-refractivity contribution in [2.24, 2.45) is 0 Å². The number of carbonyl (C=O) groups excluding carboxylic acids is 1. The summed E-state index contributed by atoms with van der Waals surface area (Å²) in [4.78, 5) is 25.5. The SMILES string of the molecule is Cc1ccc(C(=O)CN2CCN(c3ncccn3)CC2)c(C)c1. The van der Waals surface area contributed by atoms with Crippen molar-refractivity contribution in [1.82, 2.24) is 14.9 Å². The van der Waals surface area contributed by atoms with Gasteiger partial charge in [0.25, 0.3) is 0 Å². The van der Waals surface area contributed by atoms with Crippen molar-refractivity contribution in [3.63, 3.8) is 0 Å². The van der Waals surface area contributed by atoms with Gasteiger partial charge in [0.2, 0.25) is 5.95 Å².